The molecule has 1 aliphatic rings. The second-order valence-electron chi connectivity index (χ2n) is 4.57. The molecule has 1 aromatic heterocycles. The number of hydrogen-bond donors (Lipinski definition) is 0. The molecule has 1 aromatic carbocycles. The normalized spacial score (nSPS) is 14.1. The number of rotatable bonds is 4. The molecule has 0 amide bonds. The first-order chi connectivity index (χ1) is 9.28. The summed E-state index contributed by atoms with van der Waals surface area (Å²) in [5.74, 6) is 0.660. The van der Waals surface area contributed by atoms with E-state index in [1.165, 1.54) is 12.8 Å². The van der Waals surface area contributed by atoms with Gasteiger partial charge in [-0.2, -0.15) is 5.26 Å². The Balaban J connectivity index is 1.70. The van der Waals surface area contributed by atoms with E-state index < -0.39 is 0 Å². The summed E-state index contributed by atoms with van der Waals surface area (Å²) in [6, 6.07) is 7.69. The molecule has 2 aromatic rings. The summed E-state index contributed by atoms with van der Waals surface area (Å²) in [6.45, 7) is 0.457. The number of ether oxygens (including phenoxy) is 1. The van der Waals surface area contributed by atoms with Crippen molar-refractivity contribution in [2.45, 2.75) is 25.5 Å². The van der Waals surface area contributed by atoms with Crippen molar-refractivity contribution in [1.29, 1.82) is 5.26 Å². The second kappa shape index (κ2) is 4.94. The predicted octanol–water partition coefficient (Wildman–Crippen LogP) is 3.32. The van der Waals surface area contributed by atoms with E-state index in [1.807, 2.05) is 18.6 Å². The summed E-state index contributed by atoms with van der Waals surface area (Å²) >= 11 is 5.96. The zero-order valence-corrected chi connectivity index (χ0v) is 11.0. The van der Waals surface area contributed by atoms with E-state index >= 15 is 0 Å². The lowest BCUT2D eigenvalue weighted by Crippen LogP contribution is -2.03. The van der Waals surface area contributed by atoms with Crippen molar-refractivity contribution in [3.05, 3.63) is 47.0 Å². The average Bonchev–Trinajstić information content (AvgIpc) is 3.15. The molecule has 4 nitrogen and oxygen atoms in total. The lowest BCUT2D eigenvalue weighted by molar-refractivity contribution is 0.295. The maximum atomic E-state index is 8.81. The van der Waals surface area contributed by atoms with Crippen LogP contribution in [0.25, 0.3) is 0 Å². The van der Waals surface area contributed by atoms with Crippen molar-refractivity contribution in [3.8, 4) is 11.8 Å². The predicted molar refractivity (Wildman–Crippen MR) is 71.0 cm³/mol. The van der Waals surface area contributed by atoms with Crippen LogP contribution < -0.4 is 4.74 Å². The van der Waals surface area contributed by atoms with E-state index in [1.54, 1.807) is 18.2 Å². The average molecular weight is 274 g/mol. The summed E-state index contributed by atoms with van der Waals surface area (Å²) in [4.78, 5) is 4.15. The van der Waals surface area contributed by atoms with Crippen molar-refractivity contribution in [2.75, 3.05) is 0 Å². The highest BCUT2D eigenvalue weighted by Crippen LogP contribution is 2.35. The van der Waals surface area contributed by atoms with Gasteiger partial charge in [0.25, 0.3) is 0 Å². The molecule has 0 unspecified atom stereocenters. The Morgan fingerprint density at radius 1 is 1.47 bits per heavy atom. The van der Waals surface area contributed by atoms with Crippen molar-refractivity contribution >= 4 is 11.6 Å². The first-order valence-electron chi connectivity index (χ1n) is 6.11. The Hall–Kier alpha value is -1.99. The molecule has 1 aliphatic carbocycles. The van der Waals surface area contributed by atoms with E-state index in [0.29, 0.717) is 29.0 Å². The van der Waals surface area contributed by atoms with Crippen LogP contribution in [0.1, 0.15) is 30.1 Å². The van der Waals surface area contributed by atoms with Crippen molar-refractivity contribution < 1.29 is 4.74 Å². The van der Waals surface area contributed by atoms with Crippen LogP contribution in [0, 0.1) is 11.3 Å². The van der Waals surface area contributed by atoms with Gasteiger partial charge < -0.3 is 9.30 Å². The molecule has 0 spiro atoms. The van der Waals surface area contributed by atoms with Gasteiger partial charge in [0.2, 0.25) is 0 Å². The van der Waals surface area contributed by atoms with Gasteiger partial charge in [-0.15, -0.1) is 0 Å². The highest BCUT2D eigenvalue weighted by Gasteiger charge is 2.25. The van der Waals surface area contributed by atoms with Crippen LogP contribution in [-0.4, -0.2) is 9.55 Å². The van der Waals surface area contributed by atoms with E-state index in [9.17, 15) is 0 Å². The van der Waals surface area contributed by atoms with Crippen LogP contribution in [0.5, 0.6) is 5.75 Å². The lowest BCUT2D eigenvalue weighted by Gasteiger charge is -2.09. The van der Waals surface area contributed by atoms with Crippen LogP contribution in [0.4, 0.5) is 0 Å². The van der Waals surface area contributed by atoms with Crippen molar-refractivity contribution in [2.24, 2.45) is 0 Å². The highest BCUT2D eigenvalue weighted by molar-refractivity contribution is 6.31. The van der Waals surface area contributed by atoms with Gasteiger partial charge in [-0.05, 0) is 25.0 Å². The number of benzene rings is 1. The third kappa shape index (κ3) is 2.56. The Morgan fingerprint density at radius 2 is 2.32 bits per heavy atom. The van der Waals surface area contributed by atoms with Gasteiger partial charge in [0.1, 0.15) is 18.4 Å². The van der Waals surface area contributed by atoms with Gasteiger partial charge in [0.05, 0.1) is 28.8 Å². The fourth-order valence-electron chi connectivity index (χ4n) is 1.96. The van der Waals surface area contributed by atoms with Gasteiger partial charge in [0, 0.05) is 12.1 Å². The summed E-state index contributed by atoms with van der Waals surface area (Å²) in [5, 5.41) is 9.22. The van der Waals surface area contributed by atoms with Crippen molar-refractivity contribution in [3.63, 3.8) is 0 Å². The Labute approximate surface area is 116 Å². The minimum absolute atomic E-state index is 0.413. The van der Waals surface area contributed by atoms with Crippen LogP contribution >= 0.6 is 11.6 Å². The molecule has 1 saturated carbocycles. The number of imidazole rings is 1. The molecule has 0 aliphatic heterocycles. The smallest absolute Gasteiger partial charge is 0.130 e. The topological polar surface area (TPSA) is 50.8 Å². The van der Waals surface area contributed by atoms with Gasteiger partial charge in [0.15, 0.2) is 0 Å². The van der Waals surface area contributed by atoms with E-state index in [-0.39, 0.29) is 0 Å². The first-order valence-corrected chi connectivity index (χ1v) is 6.49. The Bertz CT molecular complexity index is 640. The molecule has 0 N–H and O–H groups in total. The summed E-state index contributed by atoms with van der Waals surface area (Å²) in [7, 11) is 0. The maximum absolute atomic E-state index is 8.81. The van der Waals surface area contributed by atoms with Gasteiger partial charge >= 0.3 is 0 Å². The third-order valence-corrected chi connectivity index (χ3v) is 3.45. The van der Waals surface area contributed by atoms with Crippen LogP contribution in [0.15, 0.2) is 30.7 Å². The standard InChI is InChI=1S/C14H12ClN3O/c15-14-5-13(4-1-10(14)6-16)19-8-12-7-17-9-18(12)11-2-3-11/h1,4-5,7,9,11H,2-3,8H2. The maximum Gasteiger partial charge on any atom is 0.130 e. The summed E-state index contributed by atoms with van der Waals surface area (Å²) in [6.07, 6.45) is 6.10. The number of hydrogen-bond acceptors (Lipinski definition) is 3. The van der Waals surface area contributed by atoms with Gasteiger partial charge in [-0.25, -0.2) is 4.98 Å². The van der Waals surface area contributed by atoms with Gasteiger partial charge in [-0.1, -0.05) is 11.6 Å². The summed E-state index contributed by atoms with van der Waals surface area (Å²) < 4.78 is 7.85. The van der Waals surface area contributed by atoms with E-state index in [4.69, 9.17) is 21.6 Å². The van der Waals surface area contributed by atoms with Crippen LogP contribution in [0.3, 0.4) is 0 Å². The number of halogens is 1. The monoisotopic (exact) mass is 273 g/mol. The number of aromatic nitrogens is 2. The molecule has 5 heteroatoms. The first kappa shape index (κ1) is 12.1. The minimum atomic E-state index is 0.413. The quantitative estimate of drug-likeness (QED) is 0.859. The largest absolute Gasteiger partial charge is 0.487 e. The van der Waals surface area contributed by atoms with E-state index in [0.717, 1.165) is 5.69 Å². The molecule has 1 fully saturated rings. The molecular formula is C14H12ClN3O. The molecule has 19 heavy (non-hydrogen) atoms. The van der Waals surface area contributed by atoms with Crippen LogP contribution in [0.2, 0.25) is 5.02 Å². The molecule has 0 atom stereocenters. The zero-order valence-electron chi connectivity index (χ0n) is 10.2. The lowest BCUT2D eigenvalue weighted by atomic mass is 10.2. The Kier molecular flexibility index (Phi) is 3.14. The molecule has 3 rings (SSSR count). The molecule has 0 radical (unpaired) electrons. The van der Waals surface area contributed by atoms with Crippen LogP contribution in [-0.2, 0) is 6.61 Å². The van der Waals surface area contributed by atoms with E-state index in [2.05, 4.69) is 9.55 Å². The molecular weight excluding hydrogens is 262 g/mol. The minimum Gasteiger partial charge on any atom is -0.487 e. The summed E-state index contributed by atoms with van der Waals surface area (Å²) in [5.41, 5.74) is 1.51. The second-order valence-corrected chi connectivity index (χ2v) is 4.97. The number of nitrogens with zero attached hydrogens (tertiary/aromatic N) is 3. The molecule has 96 valence electrons. The van der Waals surface area contributed by atoms with Gasteiger partial charge in [-0.3, -0.25) is 0 Å². The fraction of sp³-hybridized carbons (Fsp3) is 0.286. The highest BCUT2D eigenvalue weighted by atomic mass is 35.5. The molecule has 0 saturated heterocycles. The number of nitriles is 1. The molecule has 1 heterocycles. The zero-order chi connectivity index (χ0) is 13.2. The third-order valence-electron chi connectivity index (χ3n) is 3.13. The fourth-order valence-corrected chi connectivity index (χ4v) is 2.17. The SMILES string of the molecule is N#Cc1ccc(OCc2cncn2C2CC2)cc1Cl. The Morgan fingerprint density at radius 3 is 3.00 bits per heavy atom. The molecule has 0 bridgehead atoms. The van der Waals surface area contributed by atoms with Crippen molar-refractivity contribution in [1.82, 2.24) is 9.55 Å².